The third-order valence-electron chi connectivity index (χ3n) is 6.08. The smallest absolute Gasteiger partial charge is 0.262 e. The number of nitrogens with one attached hydrogen (secondary N) is 2. The van der Waals surface area contributed by atoms with Gasteiger partial charge < -0.3 is 19.9 Å². The predicted molar refractivity (Wildman–Crippen MR) is 136 cm³/mol. The van der Waals surface area contributed by atoms with E-state index in [0.29, 0.717) is 18.6 Å². The number of benzene rings is 1. The highest BCUT2D eigenvalue weighted by Gasteiger charge is 2.42. The van der Waals surface area contributed by atoms with E-state index in [0.717, 1.165) is 4.90 Å². The fraction of sp³-hybridized carbons (Fsp3) is 0.600. The van der Waals surface area contributed by atoms with Crippen LogP contribution in [0.5, 0.6) is 5.75 Å². The number of nitrogens with zero attached hydrogens (tertiary/aromatic N) is 1. The van der Waals surface area contributed by atoms with Crippen molar-refractivity contribution in [3.63, 3.8) is 0 Å². The number of rotatable bonds is 13. The van der Waals surface area contributed by atoms with Crippen molar-refractivity contribution in [3.05, 3.63) is 29.3 Å². The summed E-state index contributed by atoms with van der Waals surface area (Å²) in [4.78, 5) is 52.4. The van der Waals surface area contributed by atoms with Crippen molar-refractivity contribution in [2.45, 2.75) is 46.6 Å². The van der Waals surface area contributed by atoms with Crippen LogP contribution in [0.3, 0.4) is 0 Å². The first kappa shape index (κ1) is 29.5. The van der Waals surface area contributed by atoms with Crippen LogP contribution < -0.4 is 15.4 Å². The summed E-state index contributed by atoms with van der Waals surface area (Å²) < 4.78 is 24.3. The number of methoxy groups -OCH3 is 1. The molecule has 1 aromatic carbocycles. The summed E-state index contributed by atoms with van der Waals surface area (Å²) in [7, 11) is 0.559. The normalized spacial score (nSPS) is 16.5. The van der Waals surface area contributed by atoms with Crippen molar-refractivity contribution < 1.29 is 33.0 Å². The van der Waals surface area contributed by atoms with Crippen molar-refractivity contribution in [1.82, 2.24) is 15.5 Å². The van der Waals surface area contributed by atoms with E-state index in [1.807, 2.05) is 27.7 Å². The Kier molecular flexibility index (Phi) is 10.3. The van der Waals surface area contributed by atoms with Crippen LogP contribution in [0, 0.1) is 17.8 Å². The number of hydrogen-bond acceptors (Lipinski definition) is 7. The number of carbonyl (C=O) groups is 4. The minimum atomic E-state index is -3.65. The maximum atomic E-state index is 13.8. The van der Waals surface area contributed by atoms with Crippen LogP contribution in [0.2, 0.25) is 0 Å². The molecule has 0 bridgehead atoms. The van der Waals surface area contributed by atoms with Crippen LogP contribution in [0.1, 0.15) is 61.3 Å². The summed E-state index contributed by atoms with van der Waals surface area (Å²) in [5, 5.41) is 5.37. The van der Waals surface area contributed by atoms with E-state index < -0.39 is 43.3 Å². The highest BCUT2D eigenvalue weighted by Crippen LogP contribution is 2.50. The molecule has 1 aliphatic rings. The van der Waals surface area contributed by atoms with Crippen molar-refractivity contribution in [2.75, 3.05) is 33.7 Å². The Labute approximate surface area is 212 Å². The summed E-state index contributed by atoms with van der Waals surface area (Å²) in [5.74, 6) is -1.96. The minimum Gasteiger partial charge on any atom is -0.497 e. The number of likely N-dealkylation sites (N-methyl/N-ethyl adjacent to an activating group) is 1. The van der Waals surface area contributed by atoms with Crippen molar-refractivity contribution in [3.8, 4) is 5.75 Å². The SMILES string of the molecule is CNC(=O)[C@H](CC(C)C)NC(=O)[C@H](CC(C)C)CP(=O)(CN1C(=O)c2ccc(OC)cc2C1=O)OC. The Bertz CT molecular complexity index is 1040. The lowest BCUT2D eigenvalue weighted by Crippen LogP contribution is -2.49. The Morgan fingerprint density at radius 1 is 0.972 bits per heavy atom. The van der Waals surface area contributed by atoms with Gasteiger partial charge in [-0.25, -0.2) is 0 Å². The molecule has 0 saturated carbocycles. The minimum absolute atomic E-state index is 0.0846. The van der Waals surface area contributed by atoms with Gasteiger partial charge in [-0.05, 0) is 42.9 Å². The lowest BCUT2D eigenvalue weighted by atomic mass is 9.96. The van der Waals surface area contributed by atoms with Crippen molar-refractivity contribution in [2.24, 2.45) is 17.8 Å². The molecule has 1 unspecified atom stereocenters. The zero-order chi connectivity index (χ0) is 27.2. The molecular weight excluding hydrogens is 485 g/mol. The number of fused-ring (bicyclic) bond motifs is 1. The number of imide groups is 1. The zero-order valence-electron chi connectivity index (χ0n) is 22.1. The number of carbonyl (C=O) groups excluding carboxylic acids is 4. The van der Waals surface area contributed by atoms with E-state index in [1.54, 1.807) is 6.07 Å². The van der Waals surface area contributed by atoms with Gasteiger partial charge in [0.1, 0.15) is 18.1 Å². The van der Waals surface area contributed by atoms with E-state index in [-0.39, 0.29) is 35.0 Å². The molecule has 1 aliphatic heterocycles. The van der Waals surface area contributed by atoms with E-state index in [2.05, 4.69) is 10.6 Å². The Hall–Kier alpha value is -2.71. The molecule has 2 N–H and O–H groups in total. The lowest BCUT2D eigenvalue weighted by Gasteiger charge is -2.28. The Balaban J connectivity index is 2.26. The fourth-order valence-corrected chi connectivity index (χ4v) is 6.32. The van der Waals surface area contributed by atoms with Crippen LogP contribution in [0.25, 0.3) is 0 Å². The van der Waals surface area contributed by atoms with Gasteiger partial charge in [-0.3, -0.25) is 28.6 Å². The standard InChI is InChI=1S/C25H38N3O7P/c1-15(2)10-17(22(29)27-21(11-16(3)4)23(30)26-5)13-36(33,35-7)14-28-24(31)19-9-8-18(34-6)12-20(19)25(28)32/h8-9,12,15-17,21H,10-11,13-14H2,1-7H3,(H,26,30)(H,27,29)/t17-,21+,36?/m1/s1. The van der Waals surface area contributed by atoms with Gasteiger partial charge in [0, 0.05) is 26.2 Å². The van der Waals surface area contributed by atoms with Crippen LogP contribution in [0.4, 0.5) is 0 Å². The van der Waals surface area contributed by atoms with E-state index >= 15 is 0 Å². The Morgan fingerprint density at radius 3 is 2.11 bits per heavy atom. The van der Waals surface area contributed by atoms with Crippen molar-refractivity contribution >= 4 is 31.0 Å². The van der Waals surface area contributed by atoms with Gasteiger partial charge in [-0.2, -0.15) is 0 Å². The molecule has 1 heterocycles. The second-order valence-electron chi connectivity index (χ2n) is 9.90. The van der Waals surface area contributed by atoms with Gasteiger partial charge >= 0.3 is 0 Å². The van der Waals surface area contributed by atoms with Crippen LogP contribution in [-0.2, 0) is 18.7 Å². The molecule has 200 valence electrons. The van der Waals surface area contributed by atoms with Gasteiger partial charge in [0.2, 0.25) is 19.2 Å². The van der Waals surface area contributed by atoms with Crippen molar-refractivity contribution in [1.29, 1.82) is 0 Å². The quantitative estimate of drug-likeness (QED) is 0.300. The monoisotopic (exact) mass is 523 g/mol. The first-order valence-corrected chi connectivity index (χ1v) is 14.0. The maximum Gasteiger partial charge on any atom is 0.262 e. The highest BCUT2D eigenvalue weighted by atomic mass is 31.2. The lowest BCUT2D eigenvalue weighted by molar-refractivity contribution is -0.131. The topological polar surface area (TPSA) is 131 Å². The molecule has 0 aliphatic carbocycles. The zero-order valence-corrected chi connectivity index (χ0v) is 23.0. The first-order chi connectivity index (χ1) is 16.8. The van der Waals surface area contributed by atoms with Crippen LogP contribution in [-0.4, -0.2) is 68.3 Å². The highest BCUT2D eigenvalue weighted by molar-refractivity contribution is 7.59. The predicted octanol–water partition coefficient (Wildman–Crippen LogP) is 3.11. The number of hydrogen-bond donors (Lipinski definition) is 2. The maximum absolute atomic E-state index is 13.8. The van der Waals surface area contributed by atoms with E-state index in [9.17, 15) is 23.7 Å². The van der Waals surface area contributed by atoms with Gasteiger partial charge in [0.15, 0.2) is 0 Å². The molecule has 0 fully saturated rings. The Morgan fingerprint density at radius 2 is 1.58 bits per heavy atom. The second kappa shape index (κ2) is 12.5. The summed E-state index contributed by atoms with van der Waals surface area (Å²) in [6.07, 6.45) is 0.207. The summed E-state index contributed by atoms with van der Waals surface area (Å²) in [6.45, 7) is 7.76. The molecule has 0 aromatic heterocycles. The second-order valence-corrected chi connectivity index (χ2v) is 12.5. The van der Waals surface area contributed by atoms with Crippen LogP contribution in [0.15, 0.2) is 18.2 Å². The van der Waals surface area contributed by atoms with Crippen LogP contribution >= 0.6 is 7.37 Å². The average molecular weight is 524 g/mol. The van der Waals surface area contributed by atoms with Gasteiger partial charge in [0.25, 0.3) is 11.8 Å². The number of ether oxygens (including phenoxy) is 1. The summed E-state index contributed by atoms with van der Waals surface area (Å²) in [6, 6.07) is 3.81. The summed E-state index contributed by atoms with van der Waals surface area (Å²) >= 11 is 0. The van der Waals surface area contributed by atoms with E-state index in [1.165, 1.54) is 33.4 Å². The molecule has 1 aromatic rings. The molecule has 0 radical (unpaired) electrons. The van der Waals surface area contributed by atoms with Gasteiger partial charge in [0.05, 0.1) is 18.2 Å². The van der Waals surface area contributed by atoms with Gasteiger partial charge in [-0.1, -0.05) is 27.7 Å². The summed E-state index contributed by atoms with van der Waals surface area (Å²) in [5.41, 5.74) is 0.364. The van der Waals surface area contributed by atoms with E-state index in [4.69, 9.17) is 9.26 Å². The molecule has 4 amide bonds. The molecule has 36 heavy (non-hydrogen) atoms. The first-order valence-electron chi connectivity index (χ1n) is 12.1. The largest absolute Gasteiger partial charge is 0.497 e. The third kappa shape index (κ3) is 7.17. The third-order valence-corrected chi connectivity index (χ3v) is 8.46. The molecular formula is C25H38N3O7P. The number of amides is 4. The molecule has 0 saturated heterocycles. The molecule has 2 rings (SSSR count). The molecule has 3 atom stereocenters. The average Bonchev–Trinajstić information content (AvgIpc) is 3.05. The molecule has 11 heteroatoms. The fourth-order valence-electron chi connectivity index (χ4n) is 4.27. The molecule has 0 spiro atoms. The van der Waals surface area contributed by atoms with Gasteiger partial charge in [-0.15, -0.1) is 0 Å². The molecule has 10 nitrogen and oxygen atoms in total.